The molecule has 1 N–H and O–H groups in total. The molecule has 4 rings (SSSR count). The van der Waals surface area contributed by atoms with Crippen LogP contribution in [0.3, 0.4) is 0 Å². The molecule has 0 radical (unpaired) electrons. The second-order valence-corrected chi connectivity index (χ2v) is 9.61. The van der Waals surface area contributed by atoms with Crippen molar-refractivity contribution >= 4 is 45.2 Å². The number of aryl methyl sites for hydroxylation is 1. The van der Waals surface area contributed by atoms with Crippen LogP contribution in [-0.4, -0.2) is 37.1 Å². The Bertz CT molecular complexity index is 994. The van der Waals surface area contributed by atoms with Gasteiger partial charge < -0.3 is 10.1 Å². The number of ether oxygens (including phenoxy) is 1. The number of hydrogen-bond acceptors (Lipinski definition) is 5. The van der Waals surface area contributed by atoms with Gasteiger partial charge in [-0.2, -0.15) is 0 Å². The zero-order valence-corrected chi connectivity index (χ0v) is 18.8. The third kappa shape index (κ3) is 4.27. The Morgan fingerprint density at radius 3 is 2.62 bits per heavy atom. The molecule has 1 aliphatic rings. The predicted molar refractivity (Wildman–Crippen MR) is 122 cm³/mol. The Hall–Kier alpha value is -1.70. The molecule has 0 bridgehead atoms. The standard InChI is InChI=1S/C22H23ClN2O2S2/c1-14-15(2)29-22(24-21(26)18-8-5-13-28-18)19(14)20(25-9-11-27-12-10-25)16-6-3-4-7-17(16)23/h3-8,13,20H,9-12H2,1-2H3,(H,24,26). The van der Waals surface area contributed by atoms with Gasteiger partial charge in [-0.05, 0) is 42.5 Å². The van der Waals surface area contributed by atoms with Crippen LogP contribution in [0.2, 0.25) is 5.02 Å². The third-order valence-corrected chi connectivity index (χ3v) is 7.64. The summed E-state index contributed by atoms with van der Waals surface area (Å²) in [5.41, 5.74) is 3.39. The van der Waals surface area contributed by atoms with E-state index in [0.29, 0.717) is 18.1 Å². The topological polar surface area (TPSA) is 41.6 Å². The molecule has 1 aliphatic heterocycles. The number of nitrogens with zero attached hydrogens (tertiary/aromatic N) is 1. The number of thiophene rings is 2. The van der Waals surface area contributed by atoms with Gasteiger partial charge in [0, 0.05) is 28.6 Å². The highest BCUT2D eigenvalue weighted by atomic mass is 35.5. The minimum absolute atomic E-state index is 0.0313. The monoisotopic (exact) mass is 446 g/mol. The lowest BCUT2D eigenvalue weighted by atomic mass is 9.94. The van der Waals surface area contributed by atoms with Crippen LogP contribution < -0.4 is 5.32 Å². The van der Waals surface area contributed by atoms with E-state index in [1.54, 1.807) is 11.3 Å². The summed E-state index contributed by atoms with van der Waals surface area (Å²) < 4.78 is 5.59. The molecular weight excluding hydrogens is 424 g/mol. The van der Waals surface area contributed by atoms with E-state index in [0.717, 1.165) is 34.2 Å². The van der Waals surface area contributed by atoms with E-state index in [1.807, 2.05) is 35.7 Å². The lowest BCUT2D eigenvalue weighted by molar-refractivity contribution is 0.0240. The molecule has 0 aliphatic carbocycles. The highest BCUT2D eigenvalue weighted by Gasteiger charge is 2.31. The maximum Gasteiger partial charge on any atom is 0.266 e. The number of carbonyl (C=O) groups excluding carboxylic acids is 1. The van der Waals surface area contributed by atoms with E-state index in [4.69, 9.17) is 16.3 Å². The van der Waals surface area contributed by atoms with Crippen LogP contribution in [0.15, 0.2) is 41.8 Å². The molecule has 29 heavy (non-hydrogen) atoms. The number of halogens is 1. The first kappa shape index (κ1) is 20.6. The zero-order valence-electron chi connectivity index (χ0n) is 16.4. The van der Waals surface area contributed by atoms with Gasteiger partial charge in [0.2, 0.25) is 0 Å². The summed E-state index contributed by atoms with van der Waals surface area (Å²) in [4.78, 5) is 17.1. The van der Waals surface area contributed by atoms with Crippen molar-refractivity contribution < 1.29 is 9.53 Å². The summed E-state index contributed by atoms with van der Waals surface area (Å²) in [6, 6.07) is 11.7. The molecule has 3 heterocycles. The highest BCUT2D eigenvalue weighted by molar-refractivity contribution is 7.17. The Balaban J connectivity index is 1.79. The first-order valence-corrected chi connectivity index (χ1v) is 11.6. The maximum absolute atomic E-state index is 12.8. The molecule has 0 saturated carbocycles. The fourth-order valence-electron chi connectivity index (χ4n) is 3.71. The average Bonchev–Trinajstić information content (AvgIpc) is 3.35. The fraction of sp³-hybridized carbons (Fsp3) is 0.318. The van der Waals surface area contributed by atoms with E-state index < -0.39 is 0 Å². The van der Waals surface area contributed by atoms with Crippen molar-refractivity contribution in [3.05, 3.63) is 73.2 Å². The number of morpholine rings is 1. The first-order valence-electron chi connectivity index (χ1n) is 9.57. The van der Waals surface area contributed by atoms with Crippen LogP contribution in [0, 0.1) is 13.8 Å². The van der Waals surface area contributed by atoms with Crippen LogP contribution in [0.4, 0.5) is 5.00 Å². The van der Waals surface area contributed by atoms with Gasteiger partial charge >= 0.3 is 0 Å². The van der Waals surface area contributed by atoms with Crippen molar-refractivity contribution in [3.63, 3.8) is 0 Å². The number of nitrogens with one attached hydrogen (secondary N) is 1. The second kappa shape index (κ2) is 8.98. The molecule has 1 unspecified atom stereocenters. The van der Waals surface area contributed by atoms with Crippen molar-refractivity contribution in [1.82, 2.24) is 4.90 Å². The van der Waals surface area contributed by atoms with Gasteiger partial charge in [-0.3, -0.25) is 9.69 Å². The van der Waals surface area contributed by atoms with Crippen molar-refractivity contribution in [3.8, 4) is 0 Å². The summed E-state index contributed by atoms with van der Waals surface area (Å²) in [6.07, 6.45) is 0. The summed E-state index contributed by atoms with van der Waals surface area (Å²) >= 11 is 9.72. The molecule has 1 atom stereocenters. The molecule has 1 saturated heterocycles. The van der Waals surface area contributed by atoms with E-state index >= 15 is 0 Å². The van der Waals surface area contributed by atoms with E-state index in [1.165, 1.54) is 21.8 Å². The Morgan fingerprint density at radius 2 is 1.93 bits per heavy atom. The van der Waals surface area contributed by atoms with E-state index in [2.05, 4.69) is 30.1 Å². The SMILES string of the molecule is Cc1sc(NC(=O)c2cccs2)c(C(c2ccccc2Cl)N2CCOCC2)c1C. The molecular formula is C22H23ClN2O2S2. The number of amides is 1. The van der Waals surface area contributed by atoms with Gasteiger partial charge in [-0.1, -0.05) is 35.9 Å². The number of carbonyl (C=O) groups is 1. The average molecular weight is 447 g/mol. The van der Waals surface area contributed by atoms with Crippen LogP contribution in [0.5, 0.6) is 0 Å². The van der Waals surface area contributed by atoms with Gasteiger partial charge in [-0.25, -0.2) is 0 Å². The van der Waals surface area contributed by atoms with Crippen molar-refractivity contribution in [2.75, 3.05) is 31.6 Å². The third-order valence-electron chi connectivity index (χ3n) is 5.29. The molecule has 1 amide bonds. The summed E-state index contributed by atoms with van der Waals surface area (Å²) in [5, 5.41) is 6.73. The molecule has 3 aromatic rings. The van der Waals surface area contributed by atoms with Gasteiger partial charge in [0.15, 0.2) is 0 Å². The van der Waals surface area contributed by atoms with Crippen LogP contribution in [0.25, 0.3) is 0 Å². The van der Waals surface area contributed by atoms with Crippen molar-refractivity contribution in [1.29, 1.82) is 0 Å². The molecule has 2 aromatic heterocycles. The van der Waals surface area contributed by atoms with Crippen molar-refractivity contribution in [2.45, 2.75) is 19.9 Å². The number of anilines is 1. The number of rotatable bonds is 5. The summed E-state index contributed by atoms with van der Waals surface area (Å²) in [5.74, 6) is -0.0672. The van der Waals surface area contributed by atoms with Crippen LogP contribution >= 0.6 is 34.3 Å². The second-order valence-electron chi connectivity index (χ2n) is 7.03. The normalized spacial score (nSPS) is 16.0. The fourth-order valence-corrected chi connectivity index (χ4v) is 5.65. The van der Waals surface area contributed by atoms with Gasteiger partial charge in [0.25, 0.3) is 5.91 Å². The lowest BCUT2D eigenvalue weighted by Gasteiger charge is -2.36. The zero-order chi connectivity index (χ0) is 20.4. The lowest BCUT2D eigenvalue weighted by Crippen LogP contribution is -2.40. The molecule has 4 nitrogen and oxygen atoms in total. The molecule has 1 fully saturated rings. The Morgan fingerprint density at radius 1 is 1.17 bits per heavy atom. The number of benzene rings is 1. The molecule has 0 spiro atoms. The molecule has 7 heteroatoms. The first-order chi connectivity index (χ1) is 14.1. The predicted octanol–water partition coefficient (Wildman–Crippen LogP) is 5.75. The van der Waals surface area contributed by atoms with Crippen molar-refractivity contribution in [2.24, 2.45) is 0 Å². The quantitative estimate of drug-likeness (QED) is 0.542. The maximum atomic E-state index is 12.8. The van der Waals surface area contributed by atoms with Gasteiger partial charge in [-0.15, -0.1) is 22.7 Å². The highest BCUT2D eigenvalue weighted by Crippen LogP contribution is 2.44. The minimum atomic E-state index is -0.0672. The summed E-state index contributed by atoms with van der Waals surface area (Å²) in [6.45, 7) is 7.27. The molecule has 152 valence electrons. The number of hydrogen-bond donors (Lipinski definition) is 1. The summed E-state index contributed by atoms with van der Waals surface area (Å²) in [7, 11) is 0. The Kier molecular flexibility index (Phi) is 6.37. The van der Waals surface area contributed by atoms with E-state index in [9.17, 15) is 4.79 Å². The van der Waals surface area contributed by atoms with Gasteiger partial charge in [0.05, 0.1) is 24.1 Å². The Labute approximate surface area is 184 Å². The minimum Gasteiger partial charge on any atom is -0.379 e. The van der Waals surface area contributed by atoms with Crippen LogP contribution in [-0.2, 0) is 4.74 Å². The largest absolute Gasteiger partial charge is 0.379 e. The van der Waals surface area contributed by atoms with E-state index in [-0.39, 0.29) is 11.9 Å². The molecule has 1 aromatic carbocycles. The van der Waals surface area contributed by atoms with Crippen LogP contribution in [0.1, 0.15) is 37.3 Å². The van der Waals surface area contributed by atoms with Gasteiger partial charge in [0.1, 0.15) is 5.00 Å². The smallest absolute Gasteiger partial charge is 0.266 e.